The van der Waals surface area contributed by atoms with Crippen molar-refractivity contribution >= 4 is 34.1 Å². The summed E-state index contributed by atoms with van der Waals surface area (Å²) in [5.41, 5.74) is 13.6. The molecule has 0 radical (unpaired) electrons. The van der Waals surface area contributed by atoms with Crippen LogP contribution in [0.4, 0.5) is 11.4 Å². The van der Waals surface area contributed by atoms with Gasteiger partial charge in [0.15, 0.2) is 5.96 Å². The fourth-order valence-electron chi connectivity index (χ4n) is 4.66. The summed E-state index contributed by atoms with van der Waals surface area (Å²) in [5, 5.41) is 22.7. The van der Waals surface area contributed by atoms with Crippen LogP contribution in [0.25, 0.3) is 22.2 Å². The topological polar surface area (TPSA) is 134 Å². The molecule has 8 heteroatoms. The number of anilines is 2. The lowest BCUT2D eigenvalue weighted by Crippen LogP contribution is -2.36. The molecule has 0 saturated heterocycles. The number of guanidine groups is 1. The highest BCUT2D eigenvalue weighted by Gasteiger charge is 2.12. The van der Waals surface area contributed by atoms with Crippen LogP contribution in [0, 0.1) is 29.1 Å². The smallest absolute Gasteiger partial charge is 0.243 e. The van der Waals surface area contributed by atoms with Crippen molar-refractivity contribution in [2.45, 2.75) is 13.1 Å². The number of nitrogens with zero attached hydrogens (tertiary/aromatic N) is 2. The Morgan fingerprint density at radius 3 is 2.14 bits per heavy atom. The second-order valence-corrected chi connectivity index (χ2v) is 9.85. The van der Waals surface area contributed by atoms with Gasteiger partial charge in [0.2, 0.25) is 5.91 Å². The molecule has 5 rings (SSSR count). The number of amides is 1. The Bertz CT molecular complexity index is 1750. The number of carbonyl (C=O) groups excluding carboxylic acids is 1. The zero-order chi connectivity index (χ0) is 29.5. The predicted molar refractivity (Wildman–Crippen MR) is 168 cm³/mol. The highest BCUT2D eigenvalue weighted by molar-refractivity contribution is 5.95. The number of nitrogens with one attached hydrogen (secondary N) is 4. The van der Waals surface area contributed by atoms with Gasteiger partial charge in [0, 0.05) is 46.6 Å². The van der Waals surface area contributed by atoms with E-state index < -0.39 is 0 Å². The van der Waals surface area contributed by atoms with E-state index in [0.717, 1.165) is 44.5 Å². The van der Waals surface area contributed by atoms with Gasteiger partial charge in [-0.15, -0.1) is 6.42 Å². The van der Waals surface area contributed by atoms with Gasteiger partial charge in [-0.25, -0.2) is 0 Å². The van der Waals surface area contributed by atoms with E-state index in [9.17, 15) is 10.1 Å². The highest BCUT2D eigenvalue weighted by atomic mass is 16.1. The molecule has 0 spiro atoms. The zero-order valence-electron chi connectivity index (χ0n) is 22.8. The number of carbonyl (C=O) groups is 1. The van der Waals surface area contributed by atoms with Crippen LogP contribution < -0.4 is 21.3 Å². The molecule has 4 aromatic carbocycles. The van der Waals surface area contributed by atoms with Gasteiger partial charge in [0.25, 0.3) is 0 Å². The number of aromatic amines is 1. The molecule has 6 N–H and O–H groups in total. The first-order chi connectivity index (χ1) is 20.4. The number of nitrogens with two attached hydrogens (primary N) is 1. The van der Waals surface area contributed by atoms with Crippen molar-refractivity contribution in [3.05, 3.63) is 119 Å². The van der Waals surface area contributed by atoms with Crippen molar-refractivity contribution in [3.8, 4) is 29.7 Å². The molecular formula is C34H29N7O. The van der Waals surface area contributed by atoms with E-state index in [2.05, 4.69) is 68.9 Å². The third kappa shape index (κ3) is 6.77. The third-order valence-corrected chi connectivity index (χ3v) is 6.84. The van der Waals surface area contributed by atoms with E-state index in [0.29, 0.717) is 24.3 Å². The Labute approximate surface area is 244 Å². The van der Waals surface area contributed by atoms with Crippen LogP contribution in [0.2, 0.25) is 0 Å². The van der Waals surface area contributed by atoms with E-state index in [4.69, 9.17) is 17.6 Å². The average molecular weight is 552 g/mol. The number of hydrogen-bond donors (Lipinski definition) is 5. The lowest BCUT2D eigenvalue weighted by Gasteiger charge is -2.25. The molecule has 0 saturated carbocycles. The van der Waals surface area contributed by atoms with Crippen LogP contribution in [0.5, 0.6) is 0 Å². The minimum Gasteiger partial charge on any atom is -0.370 e. The van der Waals surface area contributed by atoms with Gasteiger partial charge >= 0.3 is 0 Å². The summed E-state index contributed by atoms with van der Waals surface area (Å²) in [4.78, 5) is 17.8. The Hall–Kier alpha value is -5.99. The van der Waals surface area contributed by atoms with Gasteiger partial charge in [-0.05, 0) is 77.4 Å². The van der Waals surface area contributed by atoms with Gasteiger partial charge in [0.05, 0.1) is 18.2 Å². The van der Waals surface area contributed by atoms with Crippen molar-refractivity contribution in [2.24, 2.45) is 5.73 Å². The molecule has 0 bridgehead atoms. The first kappa shape index (κ1) is 27.6. The van der Waals surface area contributed by atoms with Crippen LogP contribution >= 0.6 is 0 Å². The molecule has 0 aliphatic carbocycles. The summed E-state index contributed by atoms with van der Waals surface area (Å²) in [5.74, 6) is 2.14. The normalized spacial score (nSPS) is 10.4. The molecule has 0 aliphatic rings. The number of nitriles is 1. The zero-order valence-corrected chi connectivity index (χ0v) is 22.8. The lowest BCUT2D eigenvalue weighted by atomic mass is 10.1. The average Bonchev–Trinajstić information content (AvgIpc) is 3.44. The molecule has 0 atom stereocenters. The van der Waals surface area contributed by atoms with Crippen molar-refractivity contribution in [1.82, 2.24) is 10.3 Å². The van der Waals surface area contributed by atoms with Gasteiger partial charge in [-0.3, -0.25) is 10.2 Å². The minimum atomic E-state index is -0.284. The number of aromatic nitrogens is 1. The van der Waals surface area contributed by atoms with E-state index in [1.54, 1.807) is 0 Å². The predicted octanol–water partition coefficient (Wildman–Crippen LogP) is 5.32. The summed E-state index contributed by atoms with van der Waals surface area (Å²) in [6, 6.07) is 33.9. The van der Waals surface area contributed by atoms with Gasteiger partial charge in [-0.1, -0.05) is 42.3 Å². The molecule has 0 aliphatic heterocycles. The number of terminal acetylenes is 1. The van der Waals surface area contributed by atoms with Gasteiger partial charge < -0.3 is 26.3 Å². The number of H-pyrrole nitrogens is 1. The van der Waals surface area contributed by atoms with E-state index in [1.165, 1.54) is 0 Å². The molecule has 8 nitrogen and oxygen atoms in total. The molecule has 1 heterocycles. The Balaban J connectivity index is 1.38. The van der Waals surface area contributed by atoms with Gasteiger partial charge in [0.1, 0.15) is 0 Å². The van der Waals surface area contributed by atoms with Crippen LogP contribution in [0.15, 0.2) is 97.1 Å². The first-order valence-electron chi connectivity index (χ1n) is 13.3. The molecular weight excluding hydrogens is 522 g/mol. The van der Waals surface area contributed by atoms with E-state index in [1.807, 2.05) is 60.7 Å². The summed E-state index contributed by atoms with van der Waals surface area (Å²) in [6.07, 6.45) is 5.55. The Kier molecular flexibility index (Phi) is 8.18. The highest BCUT2D eigenvalue weighted by Crippen LogP contribution is 2.30. The van der Waals surface area contributed by atoms with Crippen LogP contribution in [-0.4, -0.2) is 23.4 Å². The largest absolute Gasteiger partial charge is 0.370 e. The van der Waals surface area contributed by atoms with Crippen molar-refractivity contribution < 1.29 is 4.79 Å². The summed E-state index contributed by atoms with van der Waals surface area (Å²) >= 11 is 0. The van der Waals surface area contributed by atoms with E-state index >= 15 is 0 Å². The number of benzene rings is 4. The lowest BCUT2D eigenvalue weighted by molar-refractivity contribution is -0.115. The minimum absolute atomic E-state index is 0.0696. The summed E-state index contributed by atoms with van der Waals surface area (Å²) in [7, 11) is 0. The Morgan fingerprint density at radius 2 is 1.55 bits per heavy atom. The van der Waals surface area contributed by atoms with Gasteiger partial charge in [-0.2, -0.15) is 5.26 Å². The maximum Gasteiger partial charge on any atom is 0.243 e. The maximum atomic E-state index is 12.0. The SMILES string of the molecule is C#Cc1ccc(CN(Cc2ccc(C#N)cc2)c2ccc3[nH]c(-c4ccc(NC(=O)CNC(=N)N)cc4)cc3c2)cc1. The molecule has 42 heavy (non-hydrogen) atoms. The fraction of sp³-hybridized carbons (Fsp3) is 0.0882. The molecule has 1 aromatic heterocycles. The summed E-state index contributed by atoms with van der Waals surface area (Å²) < 4.78 is 0. The van der Waals surface area contributed by atoms with Crippen LogP contribution in [0.1, 0.15) is 22.3 Å². The molecule has 0 unspecified atom stereocenters. The first-order valence-corrected chi connectivity index (χ1v) is 13.3. The quantitative estimate of drug-likeness (QED) is 0.0961. The third-order valence-electron chi connectivity index (χ3n) is 6.84. The number of fused-ring (bicyclic) bond motifs is 1. The van der Waals surface area contributed by atoms with Crippen LogP contribution in [0.3, 0.4) is 0 Å². The number of hydrogen-bond acceptors (Lipinski definition) is 4. The second-order valence-electron chi connectivity index (χ2n) is 9.85. The monoisotopic (exact) mass is 551 g/mol. The van der Waals surface area contributed by atoms with Crippen LogP contribution in [-0.2, 0) is 17.9 Å². The number of rotatable bonds is 9. The molecule has 5 aromatic rings. The Morgan fingerprint density at radius 1 is 0.905 bits per heavy atom. The summed E-state index contributed by atoms with van der Waals surface area (Å²) in [6.45, 7) is 1.28. The van der Waals surface area contributed by atoms with Crippen molar-refractivity contribution in [3.63, 3.8) is 0 Å². The van der Waals surface area contributed by atoms with E-state index in [-0.39, 0.29) is 18.4 Å². The van der Waals surface area contributed by atoms with Crippen molar-refractivity contribution in [2.75, 3.05) is 16.8 Å². The van der Waals surface area contributed by atoms with Crippen molar-refractivity contribution in [1.29, 1.82) is 10.7 Å². The standard InChI is InChI=1S/C34H29N7O/c1-2-23-3-7-25(8-4-23)21-41(22-26-9-5-24(19-35)6-10-26)30-15-16-31-28(17-30)18-32(40-31)27-11-13-29(14-12-27)39-33(42)20-38-34(36)37/h1,3-18,40H,20-22H2,(H,39,42)(H4,36,37,38). The maximum absolute atomic E-state index is 12.0. The second kappa shape index (κ2) is 12.5. The molecule has 1 amide bonds. The molecule has 0 fully saturated rings. The molecule has 206 valence electrons. The fourth-order valence-corrected chi connectivity index (χ4v) is 4.66.